The van der Waals surface area contributed by atoms with E-state index in [1.807, 2.05) is 32.1 Å². The second-order valence-electron chi connectivity index (χ2n) is 4.72. The molecule has 0 saturated carbocycles. The van der Waals surface area contributed by atoms with E-state index >= 15 is 0 Å². The van der Waals surface area contributed by atoms with Gasteiger partial charge in [-0.2, -0.15) is 0 Å². The van der Waals surface area contributed by atoms with Gasteiger partial charge in [0.2, 0.25) is 0 Å². The van der Waals surface area contributed by atoms with Crippen LogP contribution in [0, 0.1) is 5.92 Å². The zero-order valence-corrected chi connectivity index (χ0v) is 12.2. The summed E-state index contributed by atoms with van der Waals surface area (Å²) in [5.74, 6) is 1.56. The lowest BCUT2D eigenvalue weighted by molar-refractivity contribution is -0.123. The molecular formula is C16H23NO3. The van der Waals surface area contributed by atoms with E-state index < -0.39 is 0 Å². The molecule has 1 aromatic rings. The summed E-state index contributed by atoms with van der Waals surface area (Å²) in [7, 11) is 0. The first-order valence-corrected chi connectivity index (χ1v) is 6.83. The van der Waals surface area contributed by atoms with Gasteiger partial charge in [-0.1, -0.05) is 19.9 Å². The summed E-state index contributed by atoms with van der Waals surface area (Å²) in [4.78, 5) is 11.4. The first-order chi connectivity index (χ1) is 9.63. The summed E-state index contributed by atoms with van der Waals surface area (Å²) in [5.41, 5.74) is 0. The van der Waals surface area contributed by atoms with Crippen LogP contribution in [0.25, 0.3) is 0 Å². The van der Waals surface area contributed by atoms with E-state index in [9.17, 15) is 4.79 Å². The standard InChI is InChI=1S/C16H23NO3/c1-4-9-17-10-11-19-14-5-7-15(8-6-14)20-12-16(18)13(2)3/h4-8,13,17H,1,9-12H2,2-3H3. The molecule has 110 valence electrons. The molecule has 0 heterocycles. The van der Waals surface area contributed by atoms with E-state index in [-0.39, 0.29) is 18.3 Å². The van der Waals surface area contributed by atoms with Crippen molar-refractivity contribution in [3.8, 4) is 11.5 Å². The Balaban J connectivity index is 2.29. The van der Waals surface area contributed by atoms with E-state index in [1.54, 1.807) is 12.1 Å². The number of rotatable bonds is 10. The average Bonchev–Trinajstić information content (AvgIpc) is 2.45. The van der Waals surface area contributed by atoms with Gasteiger partial charge in [-0.05, 0) is 24.3 Å². The van der Waals surface area contributed by atoms with Crippen molar-refractivity contribution in [1.29, 1.82) is 0 Å². The zero-order valence-electron chi connectivity index (χ0n) is 12.2. The number of benzene rings is 1. The van der Waals surface area contributed by atoms with E-state index in [4.69, 9.17) is 9.47 Å². The molecule has 0 fully saturated rings. The highest BCUT2D eigenvalue weighted by Crippen LogP contribution is 2.17. The molecule has 20 heavy (non-hydrogen) atoms. The van der Waals surface area contributed by atoms with Crippen LogP contribution in [-0.4, -0.2) is 32.1 Å². The number of carbonyl (C=O) groups is 1. The third-order valence-electron chi connectivity index (χ3n) is 2.69. The van der Waals surface area contributed by atoms with Crippen LogP contribution in [0.4, 0.5) is 0 Å². The number of Topliss-reactive ketones (excluding diaryl/α,β-unsaturated/α-hetero) is 1. The molecule has 1 rings (SSSR count). The van der Waals surface area contributed by atoms with Gasteiger partial charge in [-0.3, -0.25) is 4.79 Å². The molecule has 0 radical (unpaired) electrons. The highest BCUT2D eigenvalue weighted by atomic mass is 16.5. The van der Waals surface area contributed by atoms with Crippen LogP contribution < -0.4 is 14.8 Å². The molecule has 0 atom stereocenters. The van der Waals surface area contributed by atoms with E-state index in [0.717, 1.165) is 18.8 Å². The van der Waals surface area contributed by atoms with Crippen molar-refractivity contribution in [2.24, 2.45) is 5.92 Å². The predicted octanol–water partition coefficient (Wildman–Crippen LogP) is 2.44. The quantitative estimate of drug-likeness (QED) is 0.527. The lowest BCUT2D eigenvalue weighted by Gasteiger charge is -2.09. The number of hydrogen-bond donors (Lipinski definition) is 1. The van der Waals surface area contributed by atoms with Crippen LogP contribution >= 0.6 is 0 Å². The summed E-state index contributed by atoms with van der Waals surface area (Å²) in [6, 6.07) is 7.28. The third-order valence-corrected chi connectivity index (χ3v) is 2.69. The lowest BCUT2D eigenvalue weighted by Crippen LogP contribution is -2.20. The van der Waals surface area contributed by atoms with Gasteiger partial charge in [-0.15, -0.1) is 6.58 Å². The van der Waals surface area contributed by atoms with Gasteiger partial charge in [0, 0.05) is 19.0 Å². The molecule has 0 unspecified atom stereocenters. The van der Waals surface area contributed by atoms with Crippen LogP contribution in [0.2, 0.25) is 0 Å². The average molecular weight is 277 g/mol. The minimum Gasteiger partial charge on any atom is -0.492 e. The van der Waals surface area contributed by atoms with Gasteiger partial charge < -0.3 is 14.8 Å². The third kappa shape index (κ3) is 6.38. The Kier molecular flexibility index (Phi) is 7.43. The Morgan fingerprint density at radius 2 is 1.85 bits per heavy atom. The molecular weight excluding hydrogens is 254 g/mol. The highest BCUT2D eigenvalue weighted by Gasteiger charge is 2.07. The van der Waals surface area contributed by atoms with E-state index in [1.165, 1.54) is 0 Å². The molecule has 1 N–H and O–H groups in total. The molecule has 0 aliphatic rings. The smallest absolute Gasteiger partial charge is 0.172 e. The molecule has 0 spiro atoms. The highest BCUT2D eigenvalue weighted by molar-refractivity contribution is 5.81. The maximum absolute atomic E-state index is 11.4. The summed E-state index contributed by atoms with van der Waals surface area (Å²) >= 11 is 0. The van der Waals surface area contributed by atoms with Gasteiger partial charge in [-0.25, -0.2) is 0 Å². The molecule has 4 nitrogen and oxygen atoms in total. The monoisotopic (exact) mass is 277 g/mol. The Morgan fingerprint density at radius 1 is 1.25 bits per heavy atom. The topological polar surface area (TPSA) is 47.6 Å². The van der Waals surface area contributed by atoms with E-state index in [0.29, 0.717) is 12.4 Å². The van der Waals surface area contributed by atoms with Gasteiger partial charge in [0.25, 0.3) is 0 Å². The predicted molar refractivity (Wildman–Crippen MR) is 80.3 cm³/mol. The van der Waals surface area contributed by atoms with Crippen molar-refractivity contribution in [1.82, 2.24) is 5.32 Å². The second-order valence-corrected chi connectivity index (χ2v) is 4.72. The molecule has 1 aromatic carbocycles. The summed E-state index contributed by atoms with van der Waals surface area (Å²) in [6.45, 7) is 9.61. The maximum atomic E-state index is 11.4. The number of nitrogens with one attached hydrogen (secondary N) is 1. The van der Waals surface area contributed by atoms with Gasteiger partial charge >= 0.3 is 0 Å². The SMILES string of the molecule is C=CCNCCOc1ccc(OCC(=O)C(C)C)cc1. The largest absolute Gasteiger partial charge is 0.492 e. The fraction of sp³-hybridized carbons (Fsp3) is 0.438. The fourth-order valence-electron chi connectivity index (χ4n) is 1.40. The van der Waals surface area contributed by atoms with Crippen molar-refractivity contribution in [2.45, 2.75) is 13.8 Å². The lowest BCUT2D eigenvalue weighted by atomic mass is 10.1. The first-order valence-electron chi connectivity index (χ1n) is 6.83. The normalized spacial score (nSPS) is 10.3. The van der Waals surface area contributed by atoms with Crippen LogP contribution in [0.3, 0.4) is 0 Å². The summed E-state index contributed by atoms with van der Waals surface area (Å²) in [5, 5.41) is 3.15. The number of ketones is 1. The Labute approximate surface area is 120 Å². The summed E-state index contributed by atoms with van der Waals surface area (Å²) < 4.78 is 11.0. The maximum Gasteiger partial charge on any atom is 0.172 e. The first kappa shape index (κ1) is 16.2. The van der Waals surface area contributed by atoms with E-state index in [2.05, 4.69) is 11.9 Å². The van der Waals surface area contributed by atoms with Crippen LogP contribution in [0.1, 0.15) is 13.8 Å². The van der Waals surface area contributed by atoms with Crippen molar-refractivity contribution in [3.05, 3.63) is 36.9 Å². The van der Waals surface area contributed by atoms with Gasteiger partial charge in [0.1, 0.15) is 24.7 Å². The number of carbonyl (C=O) groups excluding carboxylic acids is 1. The van der Waals surface area contributed by atoms with Crippen LogP contribution in [0.5, 0.6) is 11.5 Å². The van der Waals surface area contributed by atoms with Gasteiger partial charge in [0.15, 0.2) is 5.78 Å². The zero-order chi connectivity index (χ0) is 14.8. The minimum atomic E-state index is 0.000622. The van der Waals surface area contributed by atoms with Crippen molar-refractivity contribution >= 4 is 5.78 Å². The molecule has 0 saturated heterocycles. The van der Waals surface area contributed by atoms with Crippen molar-refractivity contribution < 1.29 is 14.3 Å². The molecule has 0 amide bonds. The Bertz CT molecular complexity index is 412. The molecule has 0 aromatic heterocycles. The van der Waals surface area contributed by atoms with Crippen molar-refractivity contribution in [3.63, 3.8) is 0 Å². The van der Waals surface area contributed by atoms with Crippen LogP contribution in [0.15, 0.2) is 36.9 Å². The number of ether oxygens (including phenoxy) is 2. The Morgan fingerprint density at radius 3 is 2.40 bits per heavy atom. The molecule has 0 aliphatic carbocycles. The van der Waals surface area contributed by atoms with Crippen LogP contribution in [-0.2, 0) is 4.79 Å². The Hall–Kier alpha value is -1.81. The van der Waals surface area contributed by atoms with Crippen molar-refractivity contribution in [2.75, 3.05) is 26.3 Å². The molecule has 4 heteroatoms. The fourth-order valence-corrected chi connectivity index (χ4v) is 1.40. The van der Waals surface area contributed by atoms with Gasteiger partial charge in [0.05, 0.1) is 0 Å². The number of hydrogen-bond acceptors (Lipinski definition) is 4. The second kappa shape index (κ2) is 9.15. The molecule has 0 aliphatic heterocycles. The minimum absolute atomic E-state index is 0.000622. The molecule has 0 bridgehead atoms. The summed E-state index contributed by atoms with van der Waals surface area (Å²) in [6.07, 6.45) is 1.81.